The number of benzene rings is 1. The summed E-state index contributed by atoms with van der Waals surface area (Å²) in [7, 11) is 0. The second kappa shape index (κ2) is 4.86. The molecule has 2 N–H and O–H groups in total. The highest BCUT2D eigenvalue weighted by Gasteiger charge is 2.22. The lowest BCUT2D eigenvalue weighted by Crippen LogP contribution is -2.24. The van der Waals surface area contributed by atoms with E-state index in [0.29, 0.717) is 17.0 Å². The van der Waals surface area contributed by atoms with Gasteiger partial charge < -0.3 is 5.73 Å². The van der Waals surface area contributed by atoms with Crippen molar-refractivity contribution in [3.05, 3.63) is 28.5 Å². The van der Waals surface area contributed by atoms with Crippen molar-refractivity contribution in [3.63, 3.8) is 0 Å². The quantitative estimate of drug-likeness (QED) is 0.918. The molecule has 5 nitrogen and oxygen atoms in total. The summed E-state index contributed by atoms with van der Waals surface area (Å²) in [5, 5.41) is 11.6. The Hall–Kier alpha value is -1.53. The molecular weight excluding hydrogens is 269 g/mol. The molecule has 102 valence electrons. The minimum Gasteiger partial charge on any atom is -0.326 e. The van der Waals surface area contributed by atoms with Crippen LogP contribution in [0.4, 0.5) is 4.39 Å². The van der Waals surface area contributed by atoms with Crippen LogP contribution < -0.4 is 5.73 Å². The Bertz CT molecular complexity index is 603. The lowest BCUT2D eigenvalue weighted by atomic mass is 10.1. The van der Waals surface area contributed by atoms with Crippen molar-refractivity contribution < 1.29 is 4.39 Å². The summed E-state index contributed by atoms with van der Waals surface area (Å²) in [6.45, 7) is 5.99. The van der Waals surface area contributed by atoms with Crippen LogP contribution in [0.5, 0.6) is 0 Å². The Morgan fingerprint density at radius 3 is 2.63 bits per heavy atom. The summed E-state index contributed by atoms with van der Waals surface area (Å²) < 4.78 is 15.4. The number of hydrogen-bond donors (Lipinski definition) is 1. The Morgan fingerprint density at radius 2 is 2.05 bits per heavy atom. The topological polar surface area (TPSA) is 69.6 Å². The molecule has 0 unspecified atom stereocenters. The molecule has 0 aliphatic carbocycles. The van der Waals surface area contributed by atoms with Gasteiger partial charge in [-0.2, -0.15) is 0 Å². The molecule has 7 heteroatoms. The fraction of sp³-hybridized carbons (Fsp3) is 0.417. The van der Waals surface area contributed by atoms with Crippen LogP contribution in [-0.2, 0) is 12.1 Å². The molecule has 0 fully saturated rings. The van der Waals surface area contributed by atoms with Crippen LogP contribution in [0.2, 0.25) is 5.02 Å². The van der Waals surface area contributed by atoms with Gasteiger partial charge in [0.15, 0.2) is 5.82 Å². The second-order valence-corrected chi connectivity index (χ2v) is 5.63. The lowest BCUT2D eigenvalue weighted by molar-refractivity contribution is 0.351. The lowest BCUT2D eigenvalue weighted by Gasteiger charge is -2.20. The third-order valence-corrected chi connectivity index (χ3v) is 2.96. The normalized spacial score (nSPS) is 11.9. The van der Waals surface area contributed by atoms with E-state index in [-0.39, 0.29) is 17.1 Å². The number of tetrazole rings is 1. The predicted octanol–water partition coefficient (Wildman–Crippen LogP) is 2.35. The molecule has 0 aliphatic heterocycles. The molecule has 0 radical (unpaired) electrons. The van der Waals surface area contributed by atoms with Gasteiger partial charge in [-0.15, -0.1) is 5.10 Å². The van der Waals surface area contributed by atoms with E-state index in [4.69, 9.17) is 17.3 Å². The van der Waals surface area contributed by atoms with Gasteiger partial charge in [0.25, 0.3) is 0 Å². The van der Waals surface area contributed by atoms with Crippen molar-refractivity contribution in [1.29, 1.82) is 0 Å². The Kier molecular flexibility index (Phi) is 3.56. The van der Waals surface area contributed by atoms with E-state index >= 15 is 0 Å². The van der Waals surface area contributed by atoms with Gasteiger partial charge >= 0.3 is 0 Å². The maximum atomic E-state index is 13.7. The summed E-state index contributed by atoms with van der Waals surface area (Å²) >= 11 is 5.87. The zero-order valence-electron chi connectivity index (χ0n) is 11.0. The van der Waals surface area contributed by atoms with Crippen molar-refractivity contribution in [3.8, 4) is 11.4 Å². The number of nitrogens with zero attached hydrogens (tertiary/aromatic N) is 4. The SMILES string of the molecule is CC(C)(C)n1nnnc1-c1cc(Cl)c(F)c(CN)c1. The summed E-state index contributed by atoms with van der Waals surface area (Å²) in [5.74, 6) is 0.0341. The fourth-order valence-corrected chi connectivity index (χ4v) is 1.98. The molecule has 0 atom stereocenters. The van der Waals surface area contributed by atoms with Gasteiger partial charge in [-0.25, -0.2) is 9.07 Å². The average Bonchev–Trinajstić information content (AvgIpc) is 2.81. The zero-order chi connectivity index (χ0) is 14.2. The smallest absolute Gasteiger partial charge is 0.182 e. The van der Waals surface area contributed by atoms with Crippen LogP contribution in [0.15, 0.2) is 12.1 Å². The Labute approximate surface area is 115 Å². The number of rotatable bonds is 2. The molecule has 0 aliphatic rings. The summed E-state index contributed by atoms with van der Waals surface area (Å²) in [6.07, 6.45) is 0. The maximum absolute atomic E-state index is 13.7. The van der Waals surface area contributed by atoms with Crippen LogP contribution in [-0.4, -0.2) is 20.2 Å². The number of halogens is 2. The van der Waals surface area contributed by atoms with Gasteiger partial charge in [0.2, 0.25) is 0 Å². The Morgan fingerprint density at radius 1 is 1.37 bits per heavy atom. The van der Waals surface area contributed by atoms with Crippen molar-refractivity contribution >= 4 is 11.6 Å². The van der Waals surface area contributed by atoms with E-state index in [9.17, 15) is 4.39 Å². The van der Waals surface area contributed by atoms with Gasteiger partial charge in [0.05, 0.1) is 10.6 Å². The third kappa shape index (κ3) is 2.59. The van der Waals surface area contributed by atoms with Crippen LogP contribution in [0.3, 0.4) is 0 Å². The summed E-state index contributed by atoms with van der Waals surface area (Å²) in [5.41, 5.74) is 6.20. The summed E-state index contributed by atoms with van der Waals surface area (Å²) in [6, 6.07) is 3.12. The van der Waals surface area contributed by atoms with E-state index in [0.717, 1.165) is 0 Å². The van der Waals surface area contributed by atoms with E-state index in [1.807, 2.05) is 20.8 Å². The van der Waals surface area contributed by atoms with Gasteiger partial charge in [0.1, 0.15) is 5.82 Å². The molecular formula is C12H15ClFN5. The molecule has 1 aromatic carbocycles. The minimum absolute atomic E-state index is 0.0152. The van der Waals surface area contributed by atoms with Crippen LogP contribution in [0.25, 0.3) is 11.4 Å². The van der Waals surface area contributed by atoms with Crippen molar-refractivity contribution in [2.75, 3.05) is 0 Å². The van der Waals surface area contributed by atoms with Gasteiger partial charge in [-0.1, -0.05) is 11.6 Å². The van der Waals surface area contributed by atoms with Crippen molar-refractivity contribution in [1.82, 2.24) is 20.2 Å². The van der Waals surface area contributed by atoms with Crippen molar-refractivity contribution in [2.24, 2.45) is 5.73 Å². The van der Waals surface area contributed by atoms with Crippen molar-refractivity contribution in [2.45, 2.75) is 32.9 Å². The average molecular weight is 284 g/mol. The van der Waals surface area contributed by atoms with E-state index in [2.05, 4.69) is 15.5 Å². The molecule has 0 amide bonds. The molecule has 0 bridgehead atoms. The number of aromatic nitrogens is 4. The molecule has 2 rings (SSSR count). The summed E-state index contributed by atoms with van der Waals surface area (Å²) in [4.78, 5) is 0. The molecule has 1 heterocycles. The minimum atomic E-state index is -0.498. The highest BCUT2D eigenvalue weighted by molar-refractivity contribution is 6.31. The third-order valence-electron chi connectivity index (χ3n) is 2.69. The first kappa shape index (κ1) is 13.9. The standard InChI is InChI=1S/C12H15ClFN5/c1-12(2,3)19-11(16-17-18-19)7-4-8(6-15)10(14)9(13)5-7/h4-5H,6,15H2,1-3H3. The van der Waals surface area contributed by atoms with E-state index in [1.165, 1.54) is 6.07 Å². The predicted molar refractivity (Wildman–Crippen MR) is 71.1 cm³/mol. The second-order valence-electron chi connectivity index (χ2n) is 5.22. The van der Waals surface area contributed by atoms with Gasteiger partial charge in [-0.05, 0) is 43.3 Å². The molecule has 2 aromatic rings. The molecule has 19 heavy (non-hydrogen) atoms. The van der Waals surface area contributed by atoms with E-state index < -0.39 is 5.82 Å². The number of hydrogen-bond acceptors (Lipinski definition) is 4. The van der Waals surface area contributed by atoms with Crippen LogP contribution in [0, 0.1) is 5.82 Å². The largest absolute Gasteiger partial charge is 0.326 e. The van der Waals surface area contributed by atoms with Gasteiger partial charge in [0, 0.05) is 17.7 Å². The zero-order valence-corrected chi connectivity index (χ0v) is 11.7. The fourth-order valence-electron chi connectivity index (χ4n) is 1.74. The maximum Gasteiger partial charge on any atom is 0.182 e. The first-order valence-electron chi connectivity index (χ1n) is 5.82. The van der Waals surface area contributed by atoms with Crippen LogP contribution >= 0.6 is 11.6 Å². The monoisotopic (exact) mass is 283 g/mol. The first-order valence-corrected chi connectivity index (χ1v) is 6.19. The molecule has 1 aromatic heterocycles. The first-order chi connectivity index (χ1) is 8.84. The molecule has 0 spiro atoms. The molecule has 0 saturated carbocycles. The Balaban J connectivity index is 2.61. The highest BCUT2D eigenvalue weighted by atomic mass is 35.5. The highest BCUT2D eigenvalue weighted by Crippen LogP contribution is 2.28. The van der Waals surface area contributed by atoms with Gasteiger partial charge in [-0.3, -0.25) is 0 Å². The molecule has 0 saturated heterocycles. The van der Waals surface area contributed by atoms with Crippen LogP contribution in [0.1, 0.15) is 26.3 Å². The number of nitrogens with two attached hydrogens (primary N) is 1. The van der Waals surface area contributed by atoms with E-state index in [1.54, 1.807) is 10.7 Å².